The number of halogens is 3. The molecule has 11 heteroatoms. The summed E-state index contributed by atoms with van der Waals surface area (Å²) in [5, 5.41) is 4.51. The normalized spacial score (nSPS) is 32.2. The third-order valence-electron chi connectivity index (χ3n) is 8.38. The van der Waals surface area contributed by atoms with E-state index in [0.717, 1.165) is 18.4 Å². The maximum atomic E-state index is 13.7. The van der Waals surface area contributed by atoms with E-state index < -0.39 is 17.5 Å². The Kier molecular flexibility index (Phi) is 4.72. The SMILES string of the molecule is Cc1cnc2c(C34CC(C3)C(C(F)(F)F)C4)nc(N3C[C@H](C)O[C@@H](c4cnn(C5CC5)c4)C3)nc2n1. The van der Waals surface area contributed by atoms with E-state index in [9.17, 15) is 13.2 Å². The first-order valence-corrected chi connectivity index (χ1v) is 12.7. The summed E-state index contributed by atoms with van der Waals surface area (Å²) in [6, 6.07) is 0.488. The van der Waals surface area contributed by atoms with Crippen molar-refractivity contribution >= 4 is 17.1 Å². The number of ether oxygens (including phenoxy) is 1. The van der Waals surface area contributed by atoms with Crippen molar-refractivity contribution in [3.8, 4) is 0 Å². The van der Waals surface area contributed by atoms with Crippen molar-refractivity contribution in [2.45, 2.75) is 75.8 Å². The summed E-state index contributed by atoms with van der Waals surface area (Å²) in [6.07, 6.45) is 4.45. The van der Waals surface area contributed by atoms with Crippen LogP contribution in [0.15, 0.2) is 18.6 Å². The van der Waals surface area contributed by atoms with Crippen LogP contribution in [0.2, 0.25) is 0 Å². The zero-order valence-electron chi connectivity index (χ0n) is 20.2. The average molecular weight is 500 g/mol. The number of nitrogens with zero attached hydrogens (tertiary/aromatic N) is 7. The molecule has 2 bridgehead atoms. The summed E-state index contributed by atoms with van der Waals surface area (Å²) in [4.78, 5) is 20.9. The molecule has 0 spiro atoms. The molecule has 0 aromatic carbocycles. The Balaban J connectivity index is 1.25. The van der Waals surface area contributed by atoms with Crippen LogP contribution in [0.3, 0.4) is 0 Å². The summed E-state index contributed by atoms with van der Waals surface area (Å²) < 4.78 is 49.3. The minimum Gasteiger partial charge on any atom is -0.367 e. The van der Waals surface area contributed by atoms with E-state index in [4.69, 9.17) is 14.7 Å². The van der Waals surface area contributed by atoms with Crippen molar-refractivity contribution in [3.05, 3.63) is 35.5 Å². The van der Waals surface area contributed by atoms with Gasteiger partial charge in [-0.15, -0.1) is 0 Å². The van der Waals surface area contributed by atoms with Crippen LogP contribution in [-0.4, -0.2) is 55.1 Å². The summed E-state index contributed by atoms with van der Waals surface area (Å²) in [5.74, 6) is -1.13. The van der Waals surface area contributed by atoms with E-state index >= 15 is 0 Å². The Labute approximate surface area is 206 Å². The largest absolute Gasteiger partial charge is 0.392 e. The molecule has 36 heavy (non-hydrogen) atoms. The molecule has 8 nitrogen and oxygen atoms in total. The Bertz CT molecular complexity index is 1330. The van der Waals surface area contributed by atoms with Gasteiger partial charge >= 0.3 is 6.18 Å². The van der Waals surface area contributed by atoms with Crippen LogP contribution in [0.25, 0.3) is 11.2 Å². The molecule has 5 aliphatic rings. The van der Waals surface area contributed by atoms with Crippen LogP contribution < -0.4 is 4.90 Å². The fourth-order valence-electron chi connectivity index (χ4n) is 6.51. The fraction of sp³-hybridized carbons (Fsp3) is 0.640. The van der Waals surface area contributed by atoms with Crippen molar-refractivity contribution in [3.63, 3.8) is 0 Å². The van der Waals surface area contributed by atoms with Gasteiger partial charge in [-0.25, -0.2) is 15.0 Å². The summed E-state index contributed by atoms with van der Waals surface area (Å²) in [7, 11) is 0. The number of aryl methyl sites for hydroxylation is 1. The van der Waals surface area contributed by atoms with E-state index in [0.29, 0.717) is 60.5 Å². The third kappa shape index (κ3) is 3.57. The van der Waals surface area contributed by atoms with Crippen molar-refractivity contribution in [1.82, 2.24) is 29.7 Å². The molecule has 4 saturated carbocycles. The Morgan fingerprint density at radius 1 is 1.06 bits per heavy atom. The number of fused-ring (bicyclic) bond motifs is 2. The average Bonchev–Trinajstić information content (AvgIpc) is 3.24. The van der Waals surface area contributed by atoms with Gasteiger partial charge in [-0.2, -0.15) is 23.3 Å². The lowest BCUT2D eigenvalue weighted by Crippen LogP contribution is -2.44. The molecule has 1 aliphatic heterocycles. The summed E-state index contributed by atoms with van der Waals surface area (Å²) in [6.45, 7) is 4.96. The molecule has 3 atom stereocenters. The minimum absolute atomic E-state index is 0.0603. The molecule has 0 amide bonds. The summed E-state index contributed by atoms with van der Waals surface area (Å²) >= 11 is 0. The van der Waals surface area contributed by atoms with Gasteiger partial charge in [0.25, 0.3) is 0 Å². The molecule has 4 aliphatic carbocycles. The number of anilines is 1. The van der Waals surface area contributed by atoms with E-state index in [1.807, 2.05) is 24.7 Å². The topological polar surface area (TPSA) is 81.9 Å². The first-order valence-electron chi connectivity index (χ1n) is 12.7. The second-order valence-corrected chi connectivity index (χ2v) is 11.2. The second-order valence-electron chi connectivity index (χ2n) is 11.2. The first-order chi connectivity index (χ1) is 17.2. The highest BCUT2D eigenvalue weighted by molar-refractivity contribution is 5.76. The van der Waals surface area contributed by atoms with E-state index in [1.54, 1.807) is 6.20 Å². The highest BCUT2D eigenvalue weighted by Crippen LogP contribution is 2.66. The van der Waals surface area contributed by atoms with Crippen molar-refractivity contribution in [2.24, 2.45) is 11.8 Å². The number of morpholine rings is 1. The molecule has 5 fully saturated rings. The summed E-state index contributed by atoms with van der Waals surface area (Å²) in [5.41, 5.74) is 2.69. The molecule has 0 N–H and O–H groups in total. The van der Waals surface area contributed by atoms with Crippen molar-refractivity contribution < 1.29 is 17.9 Å². The number of rotatable bonds is 4. The quantitative estimate of drug-likeness (QED) is 0.524. The van der Waals surface area contributed by atoms with E-state index in [1.165, 1.54) is 0 Å². The lowest BCUT2D eigenvalue weighted by molar-refractivity contribution is -0.180. The van der Waals surface area contributed by atoms with Crippen molar-refractivity contribution in [2.75, 3.05) is 18.0 Å². The van der Waals surface area contributed by atoms with Gasteiger partial charge in [-0.3, -0.25) is 4.68 Å². The van der Waals surface area contributed by atoms with Gasteiger partial charge < -0.3 is 9.64 Å². The Hall–Kier alpha value is -2.82. The van der Waals surface area contributed by atoms with Gasteiger partial charge in [0.2, 0.25) is 5.95 Å². The number of hydrogen-bond donors (Lipinski definition) is 0. The molecule has 0 radical (unpaired) electrons. The van der Waals surface area contributed by atoms with Crippen LogP contribution >= 0.6 is 0 Å². The second kappa shape index (κ2) is 7.60. The number of hydrogen-bond acceptors (Lipinski definition) is 7. The molecular formula is C25H28F3N7O. The molecule has 8 rings (SSSR count). The molecule has 3 aromatic heterocycles. The standard InChI is InChI=1S/C25H28F3N7O/c1-13-8-29-20-21(24-5-15(6-24)18(7-24)25(26,27)28)32-23(33-22(20)31-13)34-10-14(2)36-19(12-34)16-9-30-35(11-16)17-3-4-17/h8-9,11,14-15,17-19H,3-7,10,12H2,1-2H3/t14-,15?,18?,19+,24?/m0/s1. The van der Waals surface area contributed by atoms with Gasteiger partial charge in [0, 0.05) is 29.9 Å². The predicted octanol–water partition coefficient (Wildman–Crippen LogP) is 4.46. The maximum absolute atomic E-state index is 13.7. The van der Waals surface area contributed by atoms with E-state index in [2.05, 4.69) is 26.2 Å². The van der Waals surface area contributed by atoms with Crippen LogP contribution in [0.4, 0.5) is 19.1 Å². The predicted molar refractivity (Wildman–Crippen MR) is 124 cm³/mol. The van der Waals surface area contributed by atoms with Gasteiger partial charge in [-0.1, -0.05) is 0 Å². The van der Waals surface area contributed by atoms with Crippen LogP contribution in [0, 0.1) is 18.8 Å². The van der Waals surface area contributed by atoms with Crippen LogP contribution in [0.1, 0.15) is 68.1 Å². The van der Waals surface area contributed by atoms with Gasteiger partial charge in [0.05, 0.1) is 42.2 Å². The van der Waals surface area contributed by atoms with Crippen LogP contribution in [-0.2, 0) is 10.2 Å². The monoisotopic (exact) mass is 499 g/mol. The van der Waals surface area contributed by atoms with Gasteiger partial charge in [0.1, 0.15) is 11.6 Å². The first kappa shape index (κ1) is 22.4. The van der Waals surface area contributed by atoms with Gasteiger partial charge in [0.15, 0.2) is 5.65 Å². The Morgan fingerprint density at radius 3 is 2.58 bits per heavy atom. The molecular weight excluding hydrogens is 471 g/mol. The zero-order chi connectivity index (χ0) is 24.8. The van der Waals surface area contributed by atoms with E-state index in [-0.39, 0.29) is 24.5 Å². The zero-order valence-corrected chi connectivity index (χ0v) is 20.2. The highest BCUT2D eigenvalue weighted by atomic mass is 19.4. The third-order valence-corrected chi connectivity index (χ3v) is 8.38. The molecule has 190 valence electrons. The lowest BCUT2D eigenvalue weighted by Gasteiger charge is -2.40. The van der Waals surface area contributed by atoms with Crippen LogP contribution in [0.5, 0.6) is 0 Å². The fourth-order valence-corrected chi connectivity index (χ4v) is 6.51. The lowest BCUT2D eigenvalue weighted by atomic mass is 9.67. The smallest absolute Gasteiger partial charge is 0.367 e. The number of aromatic nitrogens is 6. The maximum Gasteiger partial charge on any atom is 0.392 e. The highest BCUT2D eigenvalue weighted by Gasteiger charge is 2.65. The van der Waals surface area contributed by atoms with Crippen molar-refractivity contribution in [1.29, 1.82) is 0 Å². The molecule has 4 heterocycles. The molecule has 1 saturated heterocycles. The molecule has 1 unspecified atom stereocenters. The number of alkyl halides is 3. The Morgan fingerprint density at radius 2 is 1.86 bits per heavy atom. The van der Waals surface area contributed by atoms with Gasteiger partial charge in [-0.05, 0) is 51.9 Å². The minimum atomic E-state index is -4.19. The molecule has 3 aromatic rings.